The summed E-state index contributed by atoms with van der Waals surface area (Å²) in [5, 5.41) is 6.41. The van der Waals surface area contributed by atoms with Crippen molar-refractivity contribution in [2.45, 2.75) is 32.0 Å². The smallest absolute Gasteiger partial charge is 0.270 e. The molecule has 2 aromatic carbocycles. The number of pyridine rings is 1. The average Bonchev–Trinajstić information content (AvgIpc) is 3.28. The molecule has 0 radical (unpaired) electrons. The van der Waals surface area contributed by atoms with Crippen molar-refractivity contribution >= 4 is 23.1 Å². The van der Waals surface area contributed by atoms with Crippen LogP contribution in [0.3, 0.4) is 0 Å². The molecule has 2 aliphatic rings. The number of nitrogen functional groups attached to an aromatic ring is 1. The number of hydrogen-bond acceptors (Lipinski definition) is 5. The summed E-state index contributed by atoms with van der Waals surface area (Å²) in [6.45, 7) is 1.91. The molecule has 30 heavy (non-hydrogen) atoms. The van der Waals surface area contributed by atoms with Crippen LogP contribution in [0.4, 0.5) is 17.2 Å². The maximum Gasteiger partial charge on any atom is 0.270 e. The van der Waals surface area contributed by atoms with Gasteiger partial charge >= 0.3 is 0 Å². The van der Waals surface area contributed by atoms with Gasteiger partial charge in [0.2, 0.25) is 0 Å². The van der Waals surface area contributed by atoms with E-state index in [-0.39, 0.29) is 11.9 Å². The molecule has 3 aromatic rings. The van der Waals surface area contributed by atoms with E-state index in [9.17, 15) is 4.79 Å². The molecule has 6 heteroatoms. The minimum Gasteiger partial charge on any atom is -0.399 e. The molecule has 1 amide bonds. The molecule has 0 saturated heterocycles. The highest BCUT2D eigenvalue weighted by Gasteiger charge is 2.23. The van der Waals surface area contributed by atoms with E-state index in [0.29, 0.717) is 17.2 Å². The number of nitrogens with two attached hydrogens (primary N) is 1. The van der Waals surface area contributed by atoms with Gasteiger partial charge < -0.3 is 16.4 Å². The Bertz CT molecular complexity index is 1100. The number of carbonyl (C=O) groups is 1. The molecular weight excluding hydrogens is 374 g/mol. The lowest BCUT2D eigenvalue weighted by Gasteiger charge is -2.13. The quantitative estimate of drug-likeness (QED) is 0.627. The van der Waals surface area contributed by atoms with Crippen molar-refractivity contribution in [3.05, 3.63) is 82.5 Å². The topological polar surface area (TPSA) is 83.3 Å². The van der Waals surface area contributed by atoms with E-state index in [1.807, 2.05) is 18.2 Å². The Morgan fingerprint density at radius 3 is 2.50 bits per heavy atom. The Morgan fingerprint density at radius 2 is 1.73 bits per heavy atom. The molecule has 152 valence electrons. The second kappa shape index (κ2) is 7.46. The number of carbonyl (C=O) groups excluding carboxylic acids is 1. The van der Waals surface area contributed by atoms with E-state index in [4.69, 9.17) is 5.73 Å². The first-order valence-corrected chi connectivity index (χ1v) is 10.3. The summed E-state index contributed by atoms with van der Waals surface area (Å²) >= 11 is 0. The predicted octanol–water partition coefficient (Wildman–Crippen LogP) is 3.25. The molecule has 6 nitrogen and oxygen atoms in total. The Labute approximate surface area is 176 Å². The third-order valence-corrected chi connectivity index (χ3v) is 5.83. The fourth-order valence-electron chi connectivity index (χ4n) is 4.44. The van der Waals surface area contributed by atoms with Crippen LogP contribution in [0.5, 0.6) is 0 Å². The molecule has 1 aromatic heterocycles. The van der Waals surface area contributed by atoms with Gasteiger partial charge in [0.1, 0.15) is 11.5 Å². The monoisotopic (exact) mass is 399 g/mol. The first kappa shape index (κ1) is 18.6. The van der Waals surface area contributed by atoms with Gasteiger partial charge in [0, 0.05) is 36.6 Å². The van der Waals surface area contributed by atoms with Gasteiger partial charge in [-0.3, -0.25) is 9.69 Å². The Balaban J connectivity index is 1.30. The van der Waals surface area contributed by atoms with Crippen molar-refractivity contribution in [1.29, 1.82) is 0 Å². The third kappa shape index (κ3) is 3.74. The molecule has 4 N–H and O–H groups in total. The average molecular weight is 399 g/mol. The van der Waals surface area contributed by atoms with Crippen LogP contribution in [0.25, 0.3) is 0 Å². The van der Waals surface area contributed by atoms with Crippen molar-refractivity contribution < 1.29 is 4.79 Å². The molecule has 0 unspecified atom stereocenters. The number of aromatic nitrogens is 1. The van der Waals surface area contributed by atoms with E-state index in [1.165, 1.54) is 22.3 Å². The van der Waals surface area contributed by atoms with Gasteiger partial charge in [0.25, 0.3) is 5.91 Å². The second-order valence-corrected chi connectivity index (χ2v) is 8.30. The minimum atomic E-state index is -0.196. The second-order valence-electron chi connectivity index (χ2n) is 8.30. The molecule has 1 aliphatic heterocycles. The number of fused-ring (bicyclic) bond motifs is 2. The van der Waals surface area contributed by atoms with Crippen LogP contribution in [0.1, 0.15) is 32.7 Å². The molecule has 2 heterocycles. The Kier molecular flexibility index (Phi) is 4.64. The SMILES string of the molecule is CN1Cc2ccc(Nc3cc(N)cc(C(=O)NC4Cc5ccccc5C4)n3)cc2C1. The van der Waals surface area contributed by atoms with Crippen LogP contribution in [0.15, 0.2) is 54.6 Å². The molecule has 1 aliphatic carbocycles. The number of amides is 1. The highest BCUT2D eigenvalue weighted by Crippen LogP contribution is 2.27. The first-order chi connectivity index (χ1) is 14.5. The fourth-order valence-corrected chi connectivity index (χ4v) is 4.44. The molecular formula is C24H25N5O. The van der Waals surface area contributed by atoms with E-state index in [2.05, 4.69) is 51.8 Å². The van der Waals surface area contributed by atoms with Gasteiger partial charge in [0.15, 0.2) is 0 Å². The van der Waals surface area contributed by atoms with Crippen molar-refractivity contribution in [2.75, 3.05) is 18.1 Å². The zero-order valence-corrected chi connectivity index (χ0v) is 17.0. The van der Waals surface area contributed by atoms with Crippen LogP contribution < -0.4 is 16.4 Å². The summed E-state index contributed by atoms with van der Waals surface area (Å²) in [4.78, 5) is 19.6. The highest BCUT2D eigenvalue weighted by atomic mass is 16.1. The third-order valence-electron chi connectivity index (χ3n) is 5.83. The number of rotatable bonds is 4. The van der Waals surface area contributed by atoms with Gasteiger partial charge in [-0.15, -0.1) is 0 Å². The predicted molar refractivity (Wildman–Crippen MR) is 119 cm³/mol. The minimum absolute atomic E-state index is 0.0863. The molecule has 0 atom stereocenters. The van der Waals surface area contributed by atoms with Crippen molar-refractivity contribution in [1.82, 2.24) is 15.2 Å². The Hall–Kier alpha value is -3.38. The zero-order chi connectivity index (χ0) is 20.7. The lowest BCUT2D eigenvalue weighted by Crippen LogP contribution is -2.35. The zero-order valence-electron chi connectivity index (χ0n) is 17.0. The van der Waals surface area contributed by atoms with Gasteiger partial charge in [-0.25, -0.2) is 4.98 Å². The van der Waals surface area contributed by atoms with Crippen molar-refractivity contribution in [3.63, 3.8) is 0 Å². The van der Waals surface area contributed by atoms with Gasteiger partial charge in [0.05, 0.1) is 0 Å². The first-order valence-electron chi connectivity index (χ1n) is 10.3. The summed E-state index contributed by atoms with van der Waals surface area (Å²) in [6, 6.07) is 18.1. The summed E-state index contributed by atoms with van der Waals surface area (Å²) < 4.78 is 0. The highest BCUT2D eigenvalue weighted by molar-refractivity contribution is 5.94. The molecule has 5 rings (SSSR count). The van der Waals surface area contributed by atoms with Crippen LogP contribution in [-0.4, -0.2) is 28.9 Å². The van der Waals surface area contributed by atoms with Crippen LogP contribution in [0, 0.1) is 0 Å². The standard InChI is InChI=1S/C24H25N5O/c1-29-13-17-6-7-20(10-18(17)14-29)26-23-12-19(25)11-22(28-23)24(30)27-21-8-15-4-2-3-5-16(15)9-21/h2-7,10-12,21H,8-9,13-14H2,1H3,(H,27,30)(H3,25,26,28). The maximum absolute atomic E-state index is 12.8. The number of anilines is 3. The van der Waals surface area contributed by atoms with Gasteiger partial charge in [-0.2, -0.15) is 0 Å². The Morgan fingerprint density at radius 1 is 1.00 bits per heavy atom. The molecule has 0 spiro atoms. The summed E-state index contributed by atoms with van der Waals surface area (Å²) in [5.74, 6) is 0.375. The summed E-state index contributed by atoms with van der Waals surface area (Å²) in [7, 11) is 2.11. The summed E-state index contributed by atoms with van der Waals surface area (Å²) in [5.41, 5.74) is 13.1. The lowest BCUT2D eigenvalue weighted by atomic mass is 10.1. The van der Waals surface area contributed by atoms with Gasteiger partial charge in [-0.1, -0.05) is 30.3 Å². The summed E-state index contributed by atoms with van der Waals surface area (Å²) in [6.07, 6.45) is 1.69. The number of benzene rings is 2. The largest absolute Gasteiger partial charge is 0.399 e. The van der Waals surface area contributed by atoms with Crippen LogP contribution >= 0.6 is 0 Å². The van der Waals surface area contributed by atoms with E-state index in [1.54, 1.807) is 12.1 Å². The van der Waals surface area contributed by atoms with Gasteiger partial charge in [-0.05, 0) is 60.3 Å². The van der Waals surface area contributed by atoms with E-state index < -0.39 is 0 Å². The molecule has 0 bridgehead atoms. The normalized spacial score (nSPS) is 15.6. The number of nitrogens with one attached hydrogen (secondary N) is 2. The fraction of sp³-hybridized carbons (Fsp3) is 0.250. The van der Waals surface area contributed by atoms with E-state index in [0.717, 1.165) is 31.6 Å². The van der Waals surface area contributed by atoms with Crippen molar-refractivity contribution in [2.24, 2.45) is 0 Å². The van der Waals surface area contributed by atoms with Crippen molar-refractivity contribution in [3.8, 4) is 0 Å². The lowest BCUT2D eigenvalue weighted by molar-refractivity contribution is 0.0933. The maximum atomic E-state index is 12.8. The molecule has 0 saturated carbocycles. The molecule has 0 fully saturated rings. The number of nitrogens with zero attached hydrogens (tertiary/aromatic N) is 2. The van der Waals surface area contributed by atoms with Crippen LogP contribution in [0.2, 0.25) is 0 Å². The van der Waals surface area contributed by atoms with E-state index >= 15 is 0 Å². The van der Waals surface area contributed by atoms with Crippen LogP contribution in [-0.2, 0) is 25.9 Å². The number of hydrogen-bond donors (Lipinski definition) is 3.